The molecule has 0 unspecified atom stereocenters. The van der Waals surface area contributed by atoms with Crippen LogP contribution in [0.5, 0.6) is 5.75 Å². The molecule has 0 saturated heterocycles. The molecule has 2 amide bonds. The number of ether oxygens (including phenoxy) is 2. The molecule has 1 saturated carbocycles. The Morgan fingerprint density at radius 1 is 1.10 bits per heavy atom. The first-order valence-electron chi connectivity index (χ1n) is 9.18. The van der Waals surface area contributed by atoms with Gasteiger partial charge < -0.3 is 20.1 Å². The summed E-state index contributed by atoms with van der Waals surface area (Å²) in [6.45, 7) is 0.457. The molecule has 0 atom stereocenters. The van der Waals surface area contributed by atoms with Crippen molar-refractivity contribution in [1.29, 1.82) is 0 Å². The van der Waals surface area contributed by atoms with E-state index in [9.17, 15) is 27.6 Å². The van der Waals surface area contributed by atoms with Gasteiger partial charge in [0.05, 0.1) is 0 Å². The van der Waals surface area contributed by atoms with Crippen LogP contribution < -0.4 is 15.4 Å². The number of halogens is 3. The fourth-order valence-electron chi connectivity index (χ4n) is 3.26. The van der Waals surface area contributed by atoms with Gasteiger partial charge >= 0.3 is 12.3 Å². The van der Waals surface area contributed by atoms with E-state index in [1.165, 1.54) is 25.1 Å². The summed E-state index contributed by atoms with van der Waals surface area (Å²) in [7, 11) is 0. The lowest BCUT2D eigenvalue weighted by Gasteiger charge is -2.35. The van der Waals surface area contributed by atoms with Gasteiger partial charge in [-0.2, -0.15) is 0 Å². The highest BCUT2D eigenvalue weighted by molar-refractivity contribution is 5.89. The van der Waals surface area contributed by atoms with Gasteiger partial charge in [0.2, 0.25) is 5.91 Å². The van der Waals surface area contributed by atoms with Crippen molar-refractivity contribution in [1.82, 2.24) is 10.6 Å². The van der Waals surface area contributed by atoms with Crippen molar-refractivity contribution in [3.63, 3.8) is 0 Å². The molecule has 1 aliphatic carbocycles. The van der Waals surface area contributed by atoms with Crippen molar-refractivity contribution < 1.29 is 37.0 Å². The first-order chi connectivity index (χ1) is 13.6. The lowest BCUT2D eigenvalue weighted by atomic mass is 9.81. The van der Waals surface area contributed by atoms with Crippen LogP contribution in [0.3, 0.4) is 0 Å². The normalized spacial score (nSPS) is 15.9. The number of carbonyl (C=O) groups is 3. The molecule has 1 aromatic rings. The zero-order valence-corrected chi connectivity index (χ0v) is 15.9. The minimum Gasteiger partial charge on any atom is -0.454 e. The number of para-hydroxylation sites is 1. The number of hydrogen-bond donors (Lipinski definition) is 2. The second-order valence-corrected chi connectivity index (χ2v) is 6.83. The fraction of sp³-hybridized carbons (Fsp3) is 0.526. The molecule has 0 bridgehead atoms. The first-order valence-corrected chi connectivity index (χ1v) is 9.18. The maximum absolute atomic E-state index is 12.5. The van der Waals surface area contributed by atoms with E-state index in [0.29, 0.717) is 12.8 Å². The van der Waals surface area contributed by atoms with E-state index in [-0.39, 0.29) is 18.0 Å². The summed E-state index contributed by atoms with van der Waals surface area (Å²) in [5, 5.41) is 5.02. The maximum Gasteiger partial charge on any atom is 0.573 e. The van der Waals surface area contributed by atoms with E-state index < -0.39 is 36.1 Å². The Balaban J connectivity index is 1.90. The van der Waals surface area contributed by atoms with Crippen molar-refractivity contribution >= 4 is 17.8 Å². The molecule has 1 fully saturated rings. The van der Waals surface area contributed by atoms with Gasteiger partial charge in [0.1, 0.15) is 11.3 Å². The quantitative estimate of drug-likeness (QED) is 0.667. The molecule has 7 nitrogen and oxygen atoms in total. The summed E-state index contributed by atoms with van der Waals surface area (Å²) < 4.78 is 46.3. The number of hydrogen-bond acceptors (Lipinski definition) is 5. The Labute approximate surface area is 165 Å². The van der Waals surface area contributed by atoms with Crippen molar-refractivity contribution in [3.8, 4) is 5.75 Å². The Bertz CT molecular complexity index is 746. The first kappa shape index (κ1) is 22.5. The van der Waals surface area contributed by atoms with Crippen LogP contribution in [-0.4, -0.2) is 36.3 Å². The van der Waals surface area contributed by atoms with Crippen LogP contribution >= 0.6 is 0 Å². The molecule has 160 valence electrons. The molecule has 10 heteroatoms. The Morgan fingerprint density at radius 3 is 2.38 bits per heavy atom. The predicted octanol–water partition coefficient (Wildman–Crippen LogP) is 2.58. The fourth-order valence-corrected chi connectivity index (χ4v) is 3.26. The van der Waals surface area contributed by atoms with Crippen molar-refractivity contribution in [3.05, 3.63) is 29.8 Å². The summed E-state index contributed by atoms with van der Waals surface area (Å²) >= 11 is 0. The summed E-state index contributed by atoms with van der Waals surface area (Å²) in [6.07, 6.45) is -1.57. The molecule has 0 heterocycles. The summed E-state index contributed by atoms with van der Waals surface area (Å²) in [6, 6.07) is 5.39. The van der Waals surface area contributed by atoms with E-state index in [0.717, 1.165) is 25.3 Å². The third-order valence-corrected chi connectivity index (χ3v) is 4.52. The number of rotatable bonds is 7. The highest BCUT2D eigenvalue weighted by Crippen LogP contribution is 2.29. The summed E-state index contributed by atoms with van der Waals surface area (Å²) in [5.74, 6) is -2.17. The minimum atomic E-state index is -4.85. The average Bonchev–Trinajstić information content (AvgIpc) is 2.64. The van der Waals surface area contributed by atoms with Crippen LogP contribution in [0.2, 0.25) is 0 Å². The topological polar surface area (TPSA) is 93.7 Å². The number of benzene rings is 1. The molecular weight excluding hydrogens is 393 g/mol. The Hall–Kier alpha value is -2.78. The largest absolute Gasteiger partial charge is 0.573 e. The van der Waals surface area contributed by atoms with Gasteiger partial charge in [-0.25, -0.2) is 4.79 Å². The van der Waals surface area contributed by atoms with Crippen molar-refractivity contribution in [2.24, 2.45) is 0 Å². The third kappa shape index (κ3) is 6.95. The van der Waals surface area contributed by atoms with Gasteiger partial charge in [0, 0.05) is 19.0 Å². The highest BCUT2D eigenvalue weighted by atomic mass is 19.4. The number of esters is 1. The van der Waals surface area contributed by atoms with Crippen molar-refractivity contribution in [2.45, 2.75) is 57.5 Å². The zero-order chi connectivity index (χ0) is 21.5. The number of carbonyl (C=O) groups excluding carboxylic acids is 3. The van der Waals surface area contributed by atoms with Crippen molar-refractivity contribution in [2.75, 3.05) is 6.61 Å². The van der Waals surface area contributed by atoms with Crippen LogP contribution in [-0.2, 0) is 25.7 Å². The van der Waals surface area contributed by atoms with Crippen LogP contribution in [0.1, 0.15) is 44.6 Å². The van der Waals surface area contributed by atoms with E-state index >= 15 is 0 Å². The molecule has 0 aromatic heterocycles. The molecule has 2 N–H and O–H groups in total. The number of alkyl halides is 3. The average molecular weight is 416 g/mol. The molecule has 1 aromatic carbocycles. The molecule has 0 radical (unpaired) electrons. The minimum absolute atomic E-state index is 0.117. The van der Waals surface area contributed by atoms with Gasteiger partial charge in [-0.3, -0.25) is 9.59 Å². The monoisotopic (exact) mass is 416 g/mol. The van der Waals surface area contributed by atoms with Crippen LogP contribution in [0, 0.1) is 0 Å². The van der Waals surface area contributed by atoms with E-state index in [4.69, 9.17) is 4.74 Å². The standard InChI is InChI=1S/C19H23F3N2O5/c1-13(25)24-18(9-5-2-6-10-18)17(27)28-12-16(26)23-11-14-7-3-4-8-15(14)29-19(20,21)22/h3-4,7-8H,2,5-6,9-12H2,1H3,(H,23,26)(H,24,25). The van der Waals surface area contributed by atoms with E-state index in [1.54, 1.807) is 0 Å². The van der Waals surface area contributed by atoms with Gasteiger partial charge in [0.15, 0.2) is 6.61 Å². The number of nitrogens with one attached hydrogen (secondary N) is 2. The molecule has 29 heavy (non-hydrogen) atoms. The lowest BCUT2D eigenvalue weighted by Crippen LogP contribution is -2.56. The highest BCUT2D eigenvalue weighted by Gasteiger charge is 2.42. The SMILES string of the molecule is CC(=O)NC1(C(=O)OCC(=O)NCc2ccccc2OC(F)(F)F)CCCCC1. The lowest BCUT2D eigenvalue weighted by molar-refractivity contribution is -0.274. The van der Waals surface area contributed by atoms with Gasteiger partial charge in [-0.15, -0.1) is 13.2 Å². The van der Waals surface area contributed by atoms with Crippen LogP contribution in [0.15, 0.2) is 24.3 Å². The van der Waals surface area contributed by atoms with Crippen LogP contribution in [0.25, 0.3) is 0 Å². The Kier molecular flexibility index (Phi) is 7.46. The van der Waals surface area contributed by atoms with E-state index in [1.807, 2.05) is 0 Å². The summed E-state index contributed by atoms with van der Waals surface area (Å²) in [5.41, 5.74) is -1.02. The zero-order valence-electron chi connectivity index (χ0n) is 15.9. The van der Waals surface area contributed by atoms with Gasteiger partial charge in [0.25, 0.3) is 5.91 Å². The molecule has 0 spiro atoms. The van der Waals surface area contributed by atoms with Crippen LogP contribution in [0.4, 0.5) is 13.2 Å². The summed E-state index contributed by atoms with van der Waals surface area (Å²) in [4.78, 5) is 35.9. The van der Waals surface area contributed by atoms with E-state index in [2.05, 4.69) is 15.4 Å². The van der Waals surface area contributed by atoms with Gasteiger partial charge in [-0.1, -0.05) is 37.5 Å². The molecule has 1 aliphatic rings. The maximum atomic E-state index is 12.5. The second kappa shape index (κ2) is 9.62. The molecular formula is C19H23F3N2O5. The smallest absolute Gasteiger partial charge is 0.454 e. The predicted molar refractivity (Wildman–Crippen MR) is 95.6 cm³/mol. The second-order valence-electron chi connectivity index (χ2n) is 6.83. The Morgan fingerprint density at radius 2 is 1.76 bits per heavy atom. The number of amides is 2. The molecule has 2 rings (SSSR count). The third-order valence-electron chi connectivity index (χ3n) is 4.52. The van der Waals surface area contributed by atoms with Gasteiger partial charge in [-0.05, 0) is 18.9 Å². The molecule has 0 aliphatic heterocycles.